The Bertz CT molecular complexity index is 1440. The quantitative estimate of drug-likeness (QED) is 0.526. The number of fused-ring (bicyclic) bond motifs is 1. The molecule has 0 fully saturated rings. The number of amides is 1. The highest BCUT2D eigenvalue weighted by atomic mass is 32.2. The number of hydrogen-bond acceptors (Lipinski definition) is 5. The third-order valence-corrected chi connectivity index (χ3v) is 7.60. The van der Waals surface area contributed by atoms with E-state index in [4.69, 9.17) is 9.84 Å². The number of carbonyl (C=O) groups is 2. The lowest BCUT2D eigenvalue weighted by molar-refractivity contribution is 0.0691. The largest absolute Gasteiger partial charge is 0.495 e. The molecule has 1 aliphatic heterocycles. The molecule has 0 spiro atoms. The number of methoxy groups -OCH3 is 1. The molecule has 35 heavy (non-hydrogen) atoms. The highest BCUT2D eigenvalue weighted by Gasteiger charge is 2.32. The maximum atomic E-state index is 14.0. The Morgan fingerprint density at radius 3 is 2.54 bits per heavy atom. The number of nitrogens with one attached hydrogen (secondary N) is 1. The van der Waals surface area contributed by atoms with E-state index in [1.165, 1.54) is 23.5 Å². The van der Waals surface area contributed by atoms with E-state index in [2.05, 4.69) is 5.32 Å². The van der Waals surface area contributed by atoms with Crippen molar-refractivity contribution in [1.82, 2.24) is 0 Å². The normalized spacial score (nSPS) is 13.2. The predicted molar refractivity (Wildman–Crippen MR) is 128 cm³/mol. The van der Waals surface area contributed by atoms with Crippen LogP contribution in [0.5, 0.6) is 5.75 Å². The third kappa shape index (κ3) is 4.69. The van der Waals surface area contributed by atoms with Crippen molar-refractivity contribution in [3.63, 3.8) is 0 Å². The van der Waals surface area contributed by atoms with Gasteiger partial charge in [-0.25, -0.2) is 17.6 Å². The van der Waals surface area contributed by atoms with Gasteiger partial charge in [-0.1, -0.05) is 12.1 Å². The SMILES string of the molecule is COc1ccc(C)cc1S(=O)(=O)N1CCCc2ccc(C(=O)Nc3ccc(C(=O)O)c(F)c3)cc21. The minimum Gasteiger partial charge on any atom is -0.495 e. The summed E-state index contributed by atoms with van der Waals surface area (Å²) in [6.07, 6.45) is 1.26. The molecule has 2 N–H and O–H groups in total. The summed E-state index contributed by atoms with van der Waals surface area (Å²) in [4.78, 5) is 23.9. The number of anilines is 2. The van der Waals surface area contributed by atoms with E-state index in [1.54, 1.807) is 37.3 Å². The maximum Gasteiger partial charge on any atom is 0.338 e. The first kappa shape index (κ1) is 24.2. The van der Waals surface area contributed by atoms with Crippen LogP contribution in [-0.2, 0) is 16.4 Å². The first-order valence-electron chi connectivity index (χ1n) is 10.8. The van der Waals surface area contributed by atoms with Crippen LogP contribution >= 0.6 is 0 Å². The smallest absolute Gasteiger partial charge is 0.338 e. The summed E-state index contributed by atoms with van der Waals surface area (Å²) in [7, 11) is -2.58. The zero-order valence-corrected chi connectivity index (χ0v) is 19.9. The number of sulfonamides is 1. The molecule has 0 aliphatic carbocycles. The lowest BCUT2D eigenvalue weighted by atomic mass is 10.0. The Kier molecular flexibility index (Phi) is 6.49. The molecule has 10 heteroatoms. The number of hydrogen-bond donors (Lipinski definition) is 2. The van der Waals surface area contributed by atoms with E-state index in [0.717, 1.165) is 23.3 Å². The lowest BCUT2D eigenvalue weighted by Crippen LogP contribution is -2.36. The second-order valence-corrected chi connectivity index (χ2v) is 9.96. The Balaban J connectivity index is 1.68. The molecule has 1 amide bonds. The molecule has 0 saturated carbocycles. The summed E-state index contributed by atoms with van der Waals surface area (Å²) in [6.45, 7) is 2.02. The van der Waals surface area contributed by atoms with E-state index >= 15 is 0 Å². The van der Waals surface area contributed by atoms with Gasteiger partial charge in [-0.3, -0.25) is 9.10 Å². The minimum absolute atomic E-state index is 0.0386. The standard InChI is InChI=1S/C25H23FN2O6S/c1-15-5-10-22(34-2)23(12-15)35(32,33)28-11-3-4-16-6-7-17(13-21(16)28)24(29)27-18-8-9-19(25(30)31)20(26)14-18/h5-10,12-14H,3-4,11H2,1-2H3,(H,27,29)(H,30,31). The molecule has 0 aromatic heterocycles. The third-order valence-electron chi connectivity index (χ3n) is 5.77. The molecule has 1 aliphatic rings. The summed E-state index contributed by atoms with van der Waals surface area (Å²) in [5, 5.41) is 11.5. The van der Waals surface area contributed by atoms with Crippen LogP contribution < -0.4 is 14.4 Å². The number of rotatable bonds is 6. The number of halogens is 1. The van der Waals surface area contributed by atoms with Gasteiger partial charge in [0.1, 0.15) is 16.5 Å². The number of benzene rings is 3. The van der Waals surface area contributed by atoms with Crippen molar-refractivity contribution in [1.29, 1.82) is 0 Å². The van der Waals surface area contributed by atoms with Gasteiger partial charge in [0.05, 0.1) is 18.4 Å². The van der Waals surface area contributed by atoms with Crippen molar-refractivity contribution < 1.29 is 32.2 Å². The van der Waals surface area contributed by atoms with Crippen LogP contribution in [-0.4, -0.2) is 39.1 Å². The van der Waals surface area contributed by atoms with Crippen LogP contribution in [0.1, 0.15) is 38.3 Å². The molecule has 0 radical (unpaired) electrons. The molecule has 4 rings (SSSR count). The fourth-order valence-electron chi connectivity index (χ4n) is 4.01. The van der Waals surface area contributed by atoms with Crippen LogP contribution in [0.15, 0.2) is 59.5 Å². The van der Waals surface area contributed by atoms with E-state index in [-0.39, 0.29) is 28.4 Å². The number of aromatic carboxylic acids is 1. The van der Waals surface area contributed by atoms with Crippen LogP contribution in [0.2, 0.25) is 0 Å². The molecule has 0 bridgehead atoms. The monoisotopic (exact) mass is 498 g/mol. The second kappa shape index (κ2) is 9.38. The fourth-order valence-corrected chi connectivity index (χ4v) is 5.78. The second-order valence-electron chi connectivity index (χ2n) is 8.13. The van der Waals surface area contributed by atoms with Crippen molar-refractivity contribution >= 4 is 33.3 Å². The van der Waals surface area contributed by atoms with Gasteiger partial charge in [-0.2, -0.15) is 0 Å². The van der Waals surface area contributed by atoms with Crippen LogP contribution in [0.25, 0.3) is 0 Å². The number of ether oxygens (including phenoxy) is 1. The lowest BCUT2D eigenvalue weighted by Gasteiger charge is -2.31. The summed E-state index contributed by atoms with van der Waals surface area (Å²) in [5.41, 5.74) is 1.66. The highest BCUT2D eigenvalue weighted by Crippen LogP contribution is 2.36. The topological polar surface area (TPSA) is 113 Å². The van der Waals surface area contributed by atoms with Gasteiger partial charge in [-0.05, 0) is 73.4 Å². The van der Waals surface area contributed by atoms with E-state index in [9.17, 15) is 22.4 Å². The Morgan fingerprint density at radius 1 is 1.09 bits per heavy atom. The van der Waals surface area contributed by atoms with E-state index < -0.39 is 33.3 Å². The zero-order chi connectivity index (χ0) is 25.3. The summed E-state index contributed by atoms with van der Waals surface area (Å²) < 4.78 is 47.8. The summed E-state index contributed by atoms with van der Waals surface area (Å²) >= 11 is 0. The van der Waals surface area contributed by atoms with Gasteiger partial charge in [0.2, 0.25) is 0 Å². The van der Waals surface area contributed by atoms with Crippen molar-refractivity contribution in [2.45, 2.75) is 24.7 Å². The van der Waals surface area contributed by atoms with Gasteiger partial charge in [0.15, 0.2) is 0 Å². The van der Waals surface area contributed by atoms with Crippen molar-refractivity contribution in [3.8, 4) is 5.75 Å². The zero-order valence-electron chi connectivity index (χ0n) is 19.0. The van der Waals surface area contributed by atoms with Gasteiger partial charge >= 0.3 is 5.97 Å². The molecule has 0 atom stereocenters. The first-order chi connectivity index (χ1) is 16.6. The number of carboxylic acid groups (broad SMARTS) is 1. The van der Waals surface area contributed by atoms with Gasteiger partial charge in [0, 0.05) is 17.8 Å². The molecule has 3 aromatic rings. The molecule has 3 aromatic carbocycles. The highest BCUT2D eigenvalue weighted by molar-refractivity contribution is 7.93. The van der Waals surface area contributed by atoms with Gasteiger partial charge in [0.25, 0.3) is 15.9 Å². The Labute approximate surface area is 202 Å². The van der Waals surface area contributed by atoms with E-state index in [1.807, 2.05) is 0 Å². The van der Waals surface area contributed by atoms with E-state index in [0.29, 0.717) is 18.5 Å². The van der Waals surface area contributed by atoms with Crippen molar-refractivity contribution in [2.24, 2.45) is 0 Å². The molecule has 0 unspecified atom stereocenters. The van der Waals surface area contributed by atoms with Crippen LogP contribution in [0.4, 0.5) is 15.8 Å². The number of nitrogens with zero attached hydrogens (tertiary/aromatic N) is 1. The van der Waals surface area contributed by atoms with Crippen LogP contribution in [0.3, 0.4) is 0 Å². The van der Waals surface area contributed by atoms with Gasteiger partial charge < -0.3 is 15.2 Å². The molecule has 1 heterocycles. The number of carbonyl (C=O) groups excluding carboxylic acids is 1. The average molecular weight is 499 g/mol. The number of carboxylic acids is 1. The number of aryl methyl sites for hydroxylation is 2. The van der Waals surface area contributed by atoms with Crippen molar-refractivity contribution in [2.75, 3.05) is 23.3 Å². The fraction of sp³-hybridized carbons (Fsp3) is 0.200. The maximum absolute atomic E-state index is 14.0. The van der Waals surface area contributed by atoms with Crippen LogP contribution in [0, 0.1) is 12.7 Å². The van der Waals surface area contributed by atoms with Gasteiger partial charge in [-0.15, -0.1) is 0 Å². The summed E-state index contributed by atoms with van der Waals surface area (Å²) in [5.74, 6) is -2.76. The average Bonchev–Trinajstić information content (AvgIpc) is 2.83. The molecular formula is C25H23FN2O6S. The molecule has 182 valence electrons. The first-order valence-corrected chi connectivity index (χ1v) is 12.2. The minimum atomic E-state index is -3.99. The molecular weight excluding hydrogens is 475 g/mol. The summed E-state index contributed by atoms with van der Waals surface area (Å²) in [6, 6.07) is 12.9. The Hall–Kier alpha value is -3.92. The molecule has 0 saturated heterocycles. The molecule has 8 nitrogen and oxygen atoms in total. The van der Waals surface area contributed by atoms with Crippen molar-refractivity contribution in [3.05, 3.63) is 82.7 Å². The Morgan fingerprint density at radius 2 is 1.86 bits per heavy atom. The predicted octanol–water partition coefficient (Wildman–Crippen LogP) is 4.23.